The number of likely N-dealkylation sites (tertiary alicyclic amines) is 1. The maximum atomic E-state index is 9.57. The summed E-state index contributed by atoms with van der Waals surface area (Å²) in [5.74, 6) is 0.454. The zero-order chi connectivity index (χ0) is 10.6. The molecule has 2 atom stereocenters. The van der Waals surface area contributed by atoms with Gasteiger partial charge in [0.25, 0.3) is 0 Å². The van der Waals surface area contributed by atoms with Crippen molar-refractivity contribution in [3.8, 4) is 6.19 Å². The highest BCUT2D eigenvalue weighted by Crippen LogP contribution is 2.19. The molecular formula is C9H15N3OS. The van der Waals surface area contributed by atoms with Gasteiger partial charge in [0.05, 0.1) is 6.10 Å². The third-order valence-corrected chi connectivity index (χ3v) is 2.95. The largest absolute Gasteiger partial charge is 0.391 e. The lowest BCUT2D eigenvalue weighted by atomic mass is 9.99. The predicted molar refractivity (Wildman–Crippen MR) is 57.9 cm³/mol. The van der Waals surface area contributed by atoms with E-state index in [4.69, 9.17) is 5.26 Å². The Morgan fingerprint density at radius 3 is 2.86 bits per heavy atom. The van der Waals surface area contributed by atoms with E-state index in [0.29, 0.717) is 17.6 Å². The Morgan fingerprint density at radius 1 is 1.64 bits per heavy atom. The first kappa shape index (κ1) is 11.3. The van der Waals surface area contributed by atoms with Crippen LogP contribution in [0.25, 0.3) is 0 Å². The summed E-state index contributed by atoms with van der Waals surface area (Å²) in [6.07, 6.45) is 4.22. The van der Waals surface area contributed by atoms with Gasteiger partial charge in [0.2, 0.25) is 6.19 Å². The van der Waals surface area contributed by atoms with E-state index in [1.807, 2.05) is 11.2 Å². The summed E-state index contributed by atoms with van der Waals surface area (Å²) in [6.45, 7) is 3.56. The first-order chi connectivity index (χ1) is 6.67. The van der Waals surface area contributed by atoms with E-state index in [2.05, 4.69) is 11.9 Å². The third-order valence-electron chi connectivity index (χ3n) is 2.24. The second-order valence-corrected chi connectivity index (χ2v) is 4.37. The molecule has 0 aliphatic carbocycles. The Kier molecular flexibility index (Phi) is 4.23. The van der Waals surface area contributed by atoms with E-state index in [0.717, 1.165) is 13.0 Å². The molecule has 0 saturated carbocycles. The van der Waals surface area contributed by atoms with E-state index in [-0.39, 0.29) is 6.10 Å². The van der Waals surface area contributed by atoms with Crippen molar-refractivity contribution in [3.63, 3.8) is 0 Å². The monoisotopic (exact) mass is 213 g/mol. The Hall–Kier alpha value is -0.730. The Bertz CT molecular complexity index is 251. The van der Waals surface area contributed by atoms with Gasteiger partial charge in [-0.3, -0.25) is 0 Å². The summed E-state index contributed by atoms with van der Waals surface area (Å²) in [6, 6.07) is 0. The Morgan fingerprint density at radius 2 is 2.36 bits per heavy atom. The van der Waals surface area contributed by atoms with Crippen LogP contribution in [0.4, 0.5) is 0 Å². The van der Waals surface area contributed by atoms with Crippen molar-refractivity contribution in [2.45, 2.75) is 19.4 Å². The SMILES string of the molecule is CSC(=NC#N)N1CC(C)CC(O)C1. The molecule has 0 aromatic rings. The molecule has 0 spiro atoms. The maximum absolute atomic E-state index is 9.57. The predicted octanol–water partition coefficient (Wildman–Crippen LogP) is 0.889. The highest BCUT2D eigenvalue weighted by atomic mass is 32.2. The summed E-state index contributed by atoms with van der Waals surface area (Å²) < 4.78 is 0. The van der Waals surface area contributed by atoms with Gasteiger partial charge in [-0.2, -0.15) is 5.26 Å². The number of hydrogen-bond acceptors (Lipinski definition) is 4. The molecule has 1 rings (SSSR count). The molecule has 0 aromatic carbocycles. The standard InChI is InChI=1S/C9H15N3OS/c1-7-3-8(13)5-12(4-7)9(14-2)11-6-10/h7-8,13H,3-5H2,1-2H3. The number of nitriles is 1. The summed E-state index contributed by atoms with van der Waals surface area (Å²) in [5.41, 5.74) is 0. The van der Waals surface area contributed by atoms with Crippen LogP contribution in [0.3, 0.4) is 0 Å². The van der Waals surface area contributed by atoms with Crippen LogP contribution in [0.15, 0.2) is 4.99 Å². The van der Waals surface area contributed by atoms with Gasteiger partial charge in [-0.1, -0.05) is 18.7 Å². The molecule has 2 unspecified atom stereocenters. The summed E-state index contributed by atoms with van der Waals surface area (Å²) in [4.78, 5) is 5.71. The highest BCUT2D eigenvalue weighted by molar-refractivity contribution is 8.13. The lowest BCUT2D eigenvalue weighted by Crippen LogP contribution is -2.44. The molecule has 1 fully saturated rings. The molecule has 4 nitrogen and oxygen atoms in total. The van der Waals surface area contributed by atoms with Gasteiger partial charge in [-0.25, -0.2) is 0 Å². The minimum absolute atomic E-state index is 0.296. The number of nitrogens with zero attached hydrogens (tertiary/aromatic N) is 3. The Balaban J connectivity index is 2.67. The second kappa shape index (κ2) is 5.23. The molecule has 1 N–H and O–H groups in total. The normalized spacial score (nSPS) is 28.7. The topological polar surface area (TPSA) is 59.6 Å². The van der Waals surface area contributed by atoms with E-state index >= 15 is 0 Å². The molecule has 0 radical (unpaired) electrons. The first-order valence-corrected chi connectivity index (χ1v) is 5.83. The summed E-state index contributed by atoms with van der Waals surface area (Å²) in [7, 11) is 0. The van der Waals surface area contributed by atoms with Gasteiger partial charge in [0.15, 0.2) is 5.17 Å². The molecule has 78 valence electrons. The fourth-order valence-corrected chi connectivity index (χ4v) is 2.30. The van der Waals surface area contributed by atoms with Crippen molar-refractivity contribution < 1.29 is 5.11 Å². The van der Waals surface area contributed by atoms with E-state index in [1.165, 1.54) is 11.8 Å². The van der Waals surface area contributed by atoms with E-state index in [1.54, 1.807) is 6.19 Å². The molecular weight excluding hydrogens is 198 g/mol. The van der Waals surface area contributed by atoms with Gasteiger partial charge < -0.3 is 10.0 Å². The van der Waals surface area contributed by atoms with Gasteiger partial charge in [-0.05, 0) is 18.6 Å². The van der Waals surface area contributed by atoms with Crippen LogP contribution >= 0.6 is 11.8 Å². The molecule has 1 aliphatic rings. The van der Waals surface area contributed by atoms with Crippen LogP contribution in [0.2, 0.25) is 0 Å². The number of rotatable bonds is 0. The smallest absolute Gasteiger partial charge is 0.208 e. The van der Waals surface area contributed by atoms with Crippen molar-refractivity contribution in [1.29, 1.82) is 5.26 Å². The number of piperidine rings is 1. The number of aliphatic hydroxyl groups excluding tert-OH is 1. The van der Waals surface area contributed by atoms with Crippen LogP contribution in [-0.2, 0) is 0 Å². The van der Waals surface area contributed by atoms with Crippen LogP contribution < -0.4 is 0 Å². The lowest BCUT2D eigenvalue weighted by Gasteiger charge is -2.35. The van der Waals surface area contributed by atoms with E-state index in [9.17, 15) is 5.11 Å². The average Bonchev–Trinajstić information content (AvgIpc) is 2.12. The molecule has 14 heavy (non-hydrogen) atoms. The minimum atomic E-state index is -0.296. The fourth-order valence-electron chi connectivity index (χ4n) is 1.76. The number of amidine groups is 1. The zero-order valence-corrected chi connectivity index (χ0v) is 9.29. The Labute approximate surface area is 88.6 Å². The minimum Gasteiger partial charge on any atom is -0.391 e. The number of β-amino-alcohol motifs (C(OH)–C–C–N with tert-alkyl or cyclic N) is 1. The van der Waals surface area contributed by atoms with Crippen molar-refractivity contribution in [1.82, 2.24) is 4.90 Å². The molecule has 0 aromatic heterocycles. The summed E-state index contributed by atoms with van der Waals surface area (Å²) >= 11 is 1.45. The lowest BCUT2D eigenvalue weighted by molar-refractivity contribution is 0.0784. The molecule has 1 saturated heterocycles. The van der Waals surface area contributed by atoms with Crippen molar-refractivity contribution in [2.75, 3.05) is 19.3 Å². The van der Waals surface area contributed by atoms with Crippen molar-refractivity contribution in [3.05, 3.63) is 0 Å². The van der Waals surface area contributed by atoms with Crippen LogP contribution in [0.1, 0.15) is 13.3 Å². The fraction of sp³-hybridized carbons (Fsp3) is 0.778. The first-order valence-electron chi connectivity index (χ1n) is 4.61. The number of aliphatic imine (C=N–C) groups is 1. The average molecular weight is 213 g/mol. The number of thioether (sulfide) groups is 1. The van der Waals surface area contributed by atoms with Gasteiger partial charge in [0, 0.05) is 13.1 Å². The molecule has 0 amide bonds. The van der Waals surface area contributed by atoms with Crippen LogP contribution in [0, 0.1) is 17.4 Å². The number of aliphatic hydroxyl groups is 1. The van der Waals surface area contributed by atoms with Crippen LogP contribution in [-0.4, -0.2) is 40.6 Å². The molecule has 5 heteroatoms. The quantitative estimate of drug-likeness (QED) is 0.369. The van der Waals surface area contributed by atoms with Gasteiger partial charge >= 0.3 is 0 Å². The second-order valence-electron chi connectivity index (χ2n) is 3.60. The van der Waals surface area contributed by atoms with Crippen molar-refractivity contribution in [2.24, 2.45) is 10.9 Å². The highest BCUT2D eigenvalue weighted by Gasteiger charge is 2.24. The molecule has 1 heterocycles. The summed E-state index contributed by atoms with van der Waals surface area (Å²) in [5, 5.41) is 18.8. The van der Waals surface area contributed by atoms with E-state index < -0.39 is 0 Å². The van der Waals surface area contributed by atoms with Crippen LogP contribution in [0.5, 0.6) is 0 Å². The maximum Gasteiger partial charge on any atom is 0.208 e. The number of hydrogen-bond donors (Lipinski definition) is 1. The molecule has 1 aliphatic heterocycles. The zero-order valence-electron chi connectivity index (χ0n) is 8.47. The third kappa shape index (κ3) is 2.89. The van der Waals surface area contributed by atoms with Gasteiger partial charge in [0.1, 0.15) is 0 Å². The molecule has 0 bridgehead atoms. The van der Waals surface area contributed by atoms with Gasteiger partial charge in [-0.15, -0.1) is 4.99 Å². The van der Waals surface area contributed by atoms with Crippen molar-refractivity contribution >= 4 is 16.9 Å².